The third-order valence-electron chi connectivity index (χ3n) is 5.05. The highest BCUT2D eigenvalue weighted by Gasteiger charge is 2.27. The minimum Gasteiger partial charge on any atom is -0.497 e. The van der Waals surface area contributed by atoms with Gasteiger partial charge in [-0.05, 0) is 42.8 Å². The summed E-state index contributed by atoms with van der Waals surface area (Å²) < 4.78 is 8.92. The van der Waals surface area contributed by atoms with Gasteiger partial charge in [-0.1, -0.05) is 42.1 Å². The van der Waals surface area contributed by atoms with E-state index in [2.05, 4.69) is 22.2 Å². The molecule has 1 atom stereocenters. The van der Waals surface area contributed by atoms with Crippen LogP contribution in [-0.2, 0) is 7.05 Å². The second-order valence-electron chi connectivity index (χ2n) is 7.00. The van der Waals surface area contributed by atoms with Crippen molar-refractivity contribution >= 4 is 17.5 Å². The zero-order chi connectivity index (χ0) is 20.7. The van der Waals surface area contributed by atoms with E-state index in [0.29, 0.717) is 5.82 Å². The van der Waals surface area contributed by atoms with Crippen molar-refractivity contribution in [2.75, 3.05) is 7.11 Å². The summed E-state index contributed by atoms with van der Waals surface area (Å²) in [5.41, 5.74) is 4.84. The van der Waals surface area contributed by atoms with Crippen molar-refractivity contribution in [3.63, 3.8) is 0 Å². The molecule has 0 bridgehead atoms. The van der Waals surface area contributed by atoms with E-state index in [1.807, 2.05) is 77.1 Å². The normalized spacial score (nSPS) is 15.6. The van der Waals surface area contributed by atoms with Gasteiger partial charge in [-0.2, -0.15) is 14.9 Å². The number of fused-ring (bicyclic) bond motifs is 1. The average molecular weight is 417 g/mol. The van der Waals surface area contributed by atoms with Crippen molar-refractivity contribution in [1.82, 2.24) is 24.7 Å². The fourth-order valence-electron chi connectivity index (χ4n) is 3.47. The quantitative estimate of drug-likeness (QED) is 0.501. The summed E-state index contributed by atoms with van der Waals surface area (Å²) in [4.78, 5) is 0. The molecular weight excluding hydrogens is 396 g/mol. The van der Waals surface area contributed by atoms with E-state index in [0.717, 1.165) is 39.1 Å². The van der Waals surface area contributed by atoms with Gasteiger partial charge >= 0.3 is 0 Å². The van der Waals surface area contributed by atoms with Crippen LogP contribution in [0.5, 0.6) is 5.75 Å². The summed E-state index contributed by atoms with van der Waals surface area (Å²) in [6.45, 7) is 2.13. The predicted octanol–water partition coefficient (Wildman–Crippen LogP) is 4.10. The maximum atomic E-state index is 5.28. The monoisotopic (exact) mass is 416 g/mol. The molecule has 2 aromatic carbocycles. The number of hydrogen-bond acceptors (Lipinski definition) is 6. The summed E-state index contributed by atoms with van der Waals surface area (Å²) in [5, 5.41) is 19.3. The largest absolute Gasteiger partial charge is 0.497 e. The minimum atomic E-state index is 0.161. The van der Waals surface area contributed by atoms with Crippen LogP contribution in [0.1, 0.15) is 12.5 Å². The van der Waals surface area contributed by atoms with E-state index in [1.165, 1.54) is 0 Å². The molecule has 7 nitrogen and oxygen atoms in total. The first kappa shape index (κ1) is 18.6. The van der Waals surface area contributed by atoms with Gasteiger partial charge in [-0.15, -0.1) is 10.2 Å². The van der Waals surface area contributed by atoms with E-state index >= 15 is 0 Å². The molecule has 0 aliphatic carbocycles. The molecule has 0 spiro atoms. The lowest BCUT2D eigenvalue weighted by molar-refractivity contribution is 0.415. The molecule has 150 valence electrons. The smallest absolute Gasteiger partial charge is 0.213 e. The zero-order valence-electron chi connectivity index (χ0n) is 16.9. The summed E-state index contributed by atoms with van der Waals surface area (Å²) in [6.07, 6.45) is 0. The fraction of sp³-hybridized carbons (Fsp3) is 0.182. The Labute approximate surface area is 178 Å². The molecule has 1 aliphatic heterocycles. The lowest BCUT2D eigenvalue weighted by Crippen LogP contribution is -2.21. The molecule has 0 amide bonds. The molecule has 0 N–H and O–H groups in total. The second kappa shape index (κ2) is 7.46. The molecule has 4 aromatic rings. The van der Waals surface area contributed by atoms with Crippen molar-refractivity contribution < 1.29 is 4.74 Å². The molecule has 2 aromatic heterocycles. The highest BCUT2D eigenvalue weighted by molar-refractivity contribution is 8.00. The Morgan fingerprint density at radius 3 is 2.47 bits per heavy atom. The third-order valence-corrected chi connectivity index (χ3v) is 6.09. The van der Waals surface area contributed by atoms with E-state index in [9.17, 15) is 0 Å². The Balaban J connectivity index is 1.57. The van der Waals surface area contributed by atoms with Gasteiger partial charge in [0.25, 0.3) is 0 Å². The van der Waals surface area contributed by atoms with Gasteiger partial charge in [0, 0.05) is 12.6 Å². The molecule has 1 aliphatic rings. The Kier molecular flexibility index (Phi) is 4.63. The molecule has 0 saturated carbocycles. The van der Waals surface area contributed by atoms with Gasteiger partial charge in [0.1, 0.15) is 11.4 Å². The van der Waals surface area contributed by atoms with E-state index in [4.69, 9.17) is 9.84 Å². The van der Waals surface area contributed by atoms with Crippen LogP contribution in [-0.4, -0.2) is 42.7 Å². The number of thioether (sulfide) groups is 1. The maximum Gasteiger partial charge on any atom is 0.213 e. The highest BCUT2D eigenvalue weighted by Crippen LogP contribution is 2.34. The lowest BCUT2D eigenvalue weighted by Gasteiger charge is -2.20. The fourth-order valence-corrected chi connectivity index (χ4v) is 4.40. The maximum absolute atomic E-state index is 5.28. The van der Waals surface area contributed by atoms with Gasteiger partial charge in [-0.25, -0.2) is 0 Å². The molecule has 0 saturated heterocycles. The standard InChI is InChI=1S/C22H20N6OS/c1-14-20(16-9-11-17(29-3)12-10-16)26-28-21(23-24-22(28)30-14)19-13-18(25-27(19)2)15-7-5-4-6-8-15/h4-14H,1-3H3. The van der Waals surface area contributed by atoms with Crippen LogP contribution in [0.2, 0.25) is 0 Å². The number of hydrogen-bond donors (Lipinski definition) is 0. The van der Waals surface area contributed by atoms with Crippen molar-refractivity contribution in [2.45, 2.75) is 17.3 Å². The molecule has 0 fully saturated rings. The number of aromatic nitrogens is 5. The Bertz CT molecular complexity index is 1230. The summed E-state index contributed by atoms with van der Waals surface area (Å²) in [7, 11) is 3.58. The number of ether oxygens (including phenoxy) is 1. The Morgan fingerprint density at radius 1 is 0.967 bits per heavy atom. The Hall–Kier alpha value is -3.39. The van der Waals surface area contributed by atoms with Crippen molar-refractivity contribution in [3.8, 4) is 28.5 Å². The molecule has 30 heavy (non-hydrogen) atoms. The number of rotatable bonds is 4. The Morgan fingerprint density at radius 2 is 1.73 bits per heavy atom. The van der Waals surface area contributed by atoms with Crippen molar-refractivity contribution in [1.29, 1.82) is 0 Å². The molecule has 0 radical (unpaired) electrons. The van der Waals surface area contributed by atoms with Crippen LogP contribution in [0.15, 0.2) is 70.9 Å². The second-order valence-corrected chi connectivity index (χ2v) is 8.30. The lowest BCUT2D eigenvalue weighted by atomic mass is 10.1. The van der Waals surface area contributed by atoms with E-state index < -0.39 is 0 Å². The van der Waals surface area contributed by atoms with E-state index in [-0.39, 0.29) is 5.25 Å². The van der Waals surface area contributed by atoms with Crippen LogP contribution in [0, 0.1) is 0 Å². The van der Waals surface area contributed by atoms with Crippen molar-refractivity contribution in [3.05, 3.63) is 66.2 Å². The first-order valence-corrected chi connectivity index (χ1v) is 10.5. The van der Waals surface area contributed by atoms with Crippen molar-refractivity contribution in [2.24, 2.45) is 12.1 Å². The number of nitrogens with zero attached hydrogens (tertiary/aromatic N) is 6. The SMILES string of the molecule is COc1ccc(C2=Nn3c(nnc3-c3cc(-c4ccccc4)nn3C)SC2C)cc1. The molecule has 1 unspecified atom stereocenters. The zero-order valence-corrected chi connectivity index (χ0v) is 17.7. The number of aryl methyl sites for hydroxylation is 1. The molecule has 5 rings (SSSR count). The molecule has 3 heterocycles. The van der Waals surface area contributed by atoms with Gasteiger partial charge < -0.3 is 4.74 Å². The first-order chi connectivity index (χ1) is 14.6. The van der Waals surface area contributed by atoms with Crippen LogP contribution >= 0.6 is 11.8 Å². The van der Waals surface area contributed by atoms with Crippen LogP contribution < -0.4 is 4.74 Å². The minimum absolute atomic E-state index is 0.161. The summed E-state index contributed by atoms with van der Waals surface area (Å²) >= 11 is 1.65. The van der Waals surface area contributed by atoms with Gasteiger partial charge in [0.05, 0.1) is 23.8 Å². The predicted molar refractivity (Wildman–Crippen MR) is 118 cm³/mol. The third kappa shape index (κ3) is 3.19. The average Bonchev–Trinajstić information content (AvgIpc) is 3.36. The summed E-state index contributed by atoms with van der Waals surface area (Å²) in [6, 6.07) is 20.1. The van der Waals surface area contributed by atoms with Crippen LogP contribution in [0.4, 0.5) is 0 Å². The van der Waals surface area contributed by atoms with E-state index in [1.54, 1.807) is 18.9 Å². The molecule has 8 heteroatoms. The van der Waals surface area contributed by atoms with Crippen LogP contribution in [0.25, 0.3) is 22.8 Å². The summed E-state index contributed by atoms with van der Waals surface area (Å²) in [5.74, 6) is 1.50. The van der Waals surface area contributed by atoms with Crippen LogP contribution in [0.3, 0.4) is 0 Å². The highest BCUT2D eigenvalue weighted by atomic mass is 32.2. The number of benzene rings is 2. The molecular formula is C22H20N6OS. The van der Waals surface area contributed by atoms with Gasteiger partial charge in [0.2, 0.25) is 11.0 Å². The number of methoxy groups -OCH3 is 1. The van der Waals surface area contributed by atoms with Gasteiger partial charge in [-0.3, -0.25) is 4.68 Å². The first-order valence-electron chi connectivity index (χ1n) is 9.59. The van der Waals surface area contributed by atoms with Gasteiger partial charge in [0.15, 0.2) is 0 Å². The topological polar surface area (TPSA) is 70.1 Å².